The van der Waals surface area contributed by atoms with E-state index in [1.165, 1.54) is 191 Å². The van der Waals surface area contributed by atoms with Crippen molar-refractivity contribution in [3.63, 3.8) is 0 Å². The molecule has 0 N–H and O–H groups in total. The third-order valence-corrected chi connectivity index (χ3v) is 22.9. The van der Waals surface area contributed by atoms with Crippen LogP contribution < -0.4 is 15.8 Å². The number of fused-ring (bicyclic) bond motifs is 11. The molecule has 2 nitrogen and oxygen atoms in total. The van der Waals surface area contributed by atoms with E-state index in [1.807, 2.05) is 11.3 Å². The average Bonchev–Trinajstić information content (AvgIpc) is 4.12. The summed E-state index contributed by atoms with van der Waals surface area (Å²) in [6, 6.07) is 56.7. The molecule has 10 aromatic rings. The summed E-state index contributed by atoms with van der Waals surface area (Å²) in [6.07, 6.45) is 17.2. The Balaban J connectivity index is 0.958. The maximum atomic E-state index is 2.90. The lowest BCUT2D eigenvalue weighted by Crippen LogP contribution is -2.56. The van der Waals surface area contributed by atoms with Gasteiger partial charge in [0.05, 0.1) is 5.69 Å². The highest BCUT2D eigenvalue weighted by molar-refractivity contribution is 7.26. The predicted octanol–water partition coefficient (Wildman–Crippen LogP) is 17.9. The number of hydrogen-bond acceptors (Lipinski definition) is 2. The lowest BCUT2D eigenvalue weighted by Gasteiger charge is -2.57. The van der Waals surface area contributed by atoms with Crippen molar-refractivity contribution in [3.8, 4) is 22.3 Å². The summed E-state index contributed by atoms with van der Waals surface area (Å²) in [6.45, 7) is 9.46. The first-order valence-corrected chi connectivity index (χ1v) is 30.0. The second-order valence-corrected chi connectivity index (χ2v) is 28.5. The van der Waals surface area contributed by atoms with Crippen molar-refractivity contribution in [1.29, 1.82) is 0 Å². The van der Waals surface area contributed by atoms with Gasteiger partial charge in [0.25, 0.3) is 0 Å². The average molecular weight is 989 g/mol. The summed E-state index contributed by atoms with van der Waals surface area (Å²) >= 11 is 1.97. The second-order valence-electron chi connectivity index (χ2n) is 27.5. The number of nitrogens with zero attached hydrogens (tertiary/aromatic N) is 2. The number of benzene rings is 8. The van der Waals surface area contributed by atoms with Gasteiger partial charge in [0.1, 0.15) is 0 Å². The van der Waals surface area contributed by atoms with Gasteiger partial charge in [-0.05, 0) is 251 Å². The van der Waals surface area contributed by atoms with Gasteiger partial charge in [0, 0.05) is 64.5 Å². The van der Waals surface area contributed by atoms with Crippen LogP contribution >= 0.6 is 11.3 Å². The molecule has 8 aliphatic carbocycles. The molecule has 4 heteroatoms. The molecule has 0 unspecified atom stereocenters. The van der Waals surface area contributed by atoms with Gasteiger partial charge in [-0.1, -0.05) is 99.6 Å². The number of thiophene rings is 1. The quantitative estimate of drug-likeness (QED) is 0.160. The molecule has 8 bridgehead atoms. The van der Waals surface area contributed by atoms with Gasteiger partial charge >= 0.3 is 6.85 Å². The predicted molar refractivity (Wildman–Crippen MR) is 319 cm³/mol. The highest BCUT2D eigenvalue weighted by Gasteiger charge is 2.54. The monoisotopic (exact) mass is 988 g/mol. The van der Waals surface area contributed by atoms with Gasteiger partial charge in [0.2, 0.25) is 0 Å². The Kier molecular flexibility index (Phi) is 8.43. The van der Waals surface area contributed by atoms with E-state index in [-0.39, 0.29) is 17.7 Å². The van der Waals surface area contributed by atoms with Crippen LogP contribution in [0.25, 0.3) is 75.0 Å². The Hall–Kier alpha value is -6.10. The van der Waals surface area contributed by atoms with E-state index < -0.39 is 0 Å². The molecule has 75 heavy (non-hydrogen) atoms. The van der Waals surface area contributed by atoms with E-state index in [0.29, 0.717) is 5.41 Å². The minimum Gasteiger partial charge on any atom is -0.375 e. The van der Waals surface area contributed by atoms with E-state index >= 15 is 0 Å². The van der Waals surface area contributed by atoms with Crippen molar-refractivity contribution >= 4 is 98.9 Å². The molecule has 2 aliphatic heterocycles. The number of rotatable bonds is 4. The lowest BCUT2D eigenvalue weighted by atomic mass is 9.44. The van der Waals surface area contributed by atoms with Crippen LogP contribution in [-0.2, 0) is 16.2 Å². The van der Waals surface area contributed by atoms with Gasteiger partial charge in [-0.15, -0.1) is 11.3 Å². The molecule has 368 valence electrons. The lowest BCUT2D eigenvalue weighted by molar-refractivity contribution is -0.00527. The summed E-state index contributed by atoms with van der Waals surface area (Å²) in [5.41, 5.74) is 21.8. The van der Waals surface area contributed by atoms with Crippen LogP contribution in [0.4, 0.5) is 17.1 Å². The summed E-state index contributed by atoms with van der Waals surface area (Å²) in [7, 11) is 0. The first kappa shape index (κ1) is 43.1. The van der Waals surface area contributed by atoms with Gasteiger partial charge in [-0.25, -0.2) is 0 Å². The van der Waals surface area contributed by atoms with Crippen LogP contribution in [-0.4, -0.2) is 11.3 Å². The summed E-state index contributed by atoms with van der Waals surface area (Å²) in [4.78, 5) is 2.73. The fourth-order valence-corrected chi connectivity index (χ4v) is 20.6. The summed E-state index contributed by atoms with van der Waals surface area (Å²) in [5.74, 6) is 5.41. The number of anilines is 3. The molecule has 0 atom stereocenters. The maximum absolute atomic E-state index is 2.90. The Morgan fingerprint density at radius 3 is 1.79 bits per heavy atom. The normalized spacial score (nSPS) is 27.7. The highest BCUT2D eigenvalue weighted by atomic mass is 32.1. The van der Waals surface area contributed by atoms with Crippen molar-refractivity contribution in [3.05, 3.63) is 162 Å². The first-order chi connectivity index (χ1) is 36.5. The molecule has 4 heterocycles. The Morgan fingerprint density at radius 2 is 1.11 bits per heavy atom. The van der Waals surface area contributed by atoms with Crippen molar-refractivity contribution < 1.29 is 0 Å². The van der Waals surface area contributed by atoms with Crippen molar-refractivity contribution in [1.82, 2.24) is 4.48 Å². The smallest absolute Gasteiger partial charge is 0.333 e. The molecule has 0 saturated heterocycles. The second kappa shape index (κ2) is 14.7. The maximum Gasteiger partial charge on any atom is 0.333 e. The zero-order valence-corrected chi connectivity index (χ0v) is 44.9. The largest absolute Gasteiger partial charge is 0.375 e. The van der Waals surface area contributed by atoms with Gasteiger partial charge in [-0.3, -0.25) is 0 Å². The standard InChI is InChI=1S/C71H65BN2S/c1-40-18-57-59-31-52(71-37-44-23-45(38-71)25-46(24-44)39-71)30-58-54-29-51(70-34-41-20-42(35-70)22-43(21-41)36-70)15-17-62(54)74(68(58)59)72-60-32-56-55-26-48-12-8-9-13-49(48)27-65(55)75-66(56)33-63(60)73(64(19-40)67(57)72)61-16-14-50(69(2,3)4)28-53(61)47-10-6-5-7-11-47/h5-19,26-33,41-46H,20-25,34-39H2,1-4H3. The molecule has 20 rings (SSSR count). The zero-order valence-electron chi connectivity index (χ0n) is 44.1. The summed E-state index contributed by atoms with van der Waals surface area (Å²) in [5, 5.41) is 8.41. The fourth-order valence-electron chi connectivity index (χ4n) is 19.5. The van der Waals surface area contributed by atoms with Crippen LogP contribution in [0.1, 0.15) is 120 Å². The van der Waals surface area contributed by atoms with Crippen LogP contribution in [0.3, 0.4) is 0 Å². The fraction of sp³-hybridized carbons (Fsp3) is 0.352. The molecule has 0 spiro atoms. The van der Waals surface area contributed by atoms with Gasteiger partial charge in [-0.2, -0.15) is 0 Å². The Morgan fingerprint density at radius 1 is 0.493 bits per heavy atom. The molecule has 10 aliphatic rings. The highest BCUT2D eigenvalue weighted by Crippen LogP contribution is 2.64. The van der Waals surface area contributed by atoms with Crippen LogP contribution in [0.15, 0.2) is 140 Å². The topological polar surface area (TPSA) is 8.17 Å². The van der Waals surface area contributed by atoms with E-state index in [2.05, 4.69) is 177 Å². The van der Waals surface area contributed by atoms with Crippen LogP contribution in [0.5, 0.6) is 0 Å². The zero-order chi connectivity index (χ0) is 49.4. The number of hydrogen-bond donors (Lipinski definition) is 0. The Bertz CT molecular complexity index is 4090. The SMILES string of the molecule is Cc1cc2c3c(c1)N(c1ccc(C(C)(C)C)cc1-c1ccccc1)c1cc4sc5cc6ccccc6cc5c4cc1B3n1c3ccc(C45CC6CC(CC(C6)C4)C5)cc3c3cc(C45CC6CC(CC(C6)C4)C5)cc-2c31. The van der Waals surface area contributed by atoms with E-state index in [9.17, 15) is 0 Å². The molecular weight excluding hydrogens is 924 g/mol. The molecule has 8 aromatic carbocycles. The van der Waals surface area contributed by atoms with Crippen molar-refractivity contribution in [2.24, 2.45) is 35.5 Å². The third kappa shape index (κ3) is 5.94. The van der Waals surface area contributed by atoms with Crippen LogP contribution in [0, 0.1) is 42.4 Å². The van der Waals surface area contributed by atoms with Gasteiger partial charge in [0.15, 0.2) is 0 Å². The number of aryl methyl sites for hydroxylation is 1. The molecule has 8 saturated carbocycles. The third-order valence-electron chi connectivity index (χ3n) is 21.8. The molecule has 8 fully saturated rings. The van der Waals surface area contributed by atoms with E-state index in [4.69, 9.17) is 0 Å². The molecular formula is C71H65BN2S. The molecule has 0 radical (unpaired) electrons. The summed E-state index contributed by atoms with van der Waals surface area (Å²) < 4.78 is 5.62. The van der Waals surface area contributed by atoms with Gasteiger partial charge < -0.3 is 9.38 Å². The molecule has 0 amide bonds. The Labute approximate surface area is 446 Å². The minimum atomic E-state index is -0.00321. The van der Waals surface area contributed by atoms with E-state index in [0.717, 1.165) is 35.5 Å². The minimum absolute atomic E-state index is 0.000946. The van der Waals surface area contributed by atoms with Crippen molar-refractivity contribution in [2.45, 2.75) is 121 Å². The number of aromatic nitrogens is 1. The first-order valence-electron chi connectivity index (χ1n) is 29.2. The van der Waals surface area contributed by atoms with E-state index in [1.54, 1.807) is 11.1 Å². The molecule has 2 aromatic heterocycles. The van der Waals surface area contributed by atoms with Crippen molar-refractivity contribution in [2.75, 3.05) is 4.90 Å². The van der Waals surface area contributed by atoms with Crippen LogP contribution in [0.2, 0.25) is 0 Å².